The van der Waals surface area contributed by atoms with Crippen LogP contribution >= 0.6 is 0 Å². The Morgan fingerprint density at radius 3 is 2.20 bits per heavy atom. The van der Waals surface area contributed by atoms with Gasteiger partial charge in [0.05, 0.1) is 13.2 Å². The number of fused-ring (bicyclic) bond motifs is 2. The van der Waals surface area contributed by atoms with Crippen molar-refractivity contribution in [1.82, 2.24) is 14.8 Å². The highest BCUT2D eigenvalue weighted by molar-refractivity contribution is 5.97. The molecule has 0 bridgehead atoms. The molecule has 0 spiro atoms. The molecule has 44 heavy (non-hydrogen) atoms. The maximum absolute atomic E-state index is 12.0. The van der Waals surface area contributed by atoms with Gasteiger partial charge in [-0.25, -0.2) is 0 Å². The fourth-order valence-corrected chi connectivity index (χ4v) is 6.23. The largest absolute Gasteiger partial charge is 0.480 e. The molecule has 0 unspecified atom stereocenters. The van der Waals surface area contributed by atoms with Gasteiger partial charge in [0.15, 0.2) is 0 Å². The maximum atomic E-state index is 12.0. The van der Waals surface area contributed by atoms with Crippen LogP contribution in [0.5, 0.6) is 5.88 Å². The third kappa shape index (κ3) is 7.12. The zero-order valence-corrected chi connectivity index (χ0v) is 26.5. The molecule has 1 amide bonds. The first-order valence-corrected chi connectivity index (χ1v) is 15.3. The minimum Gasteiger partial charge on any atom is -0.480 e. The number of aryl methyl sites for hydroxylation is 1. The highest BCUT2D eigenvalue weighted by atomic mass is 16.5. The molecule has 9 nitrogen and oxygen atoms in total. The van der Waals surface area contributed by atoms with Crippen molar-refractivity contribution in [2.75, 3.05) is 69.8 Å². The smallest absolute Gasteiger partial charge is 0.246 e. The summed E-state index contributed by atoms with van der Waals surface area (Å²) >= 11 is 0. The summed E-state index contributed by atoms with van der Waals surface area (Å²) in [4.78, 5) is 25.6. The normalized spacial score (nSPS) is 16.0. The molecular weight excluding hydrogens is 550 g/mol. The monoisotopic (exact) mass is 593 g/mol. The van der Waals surface area contributed by atoms with Crippen LogP contribution in [0.2, 0.25) is 0 Å². The molecule has 4 heterocycles. The van der Waals surface area contributed by atoms with Crippen molar-refractivity contribution < 1.29 is 9.53 Å². The number of likely N-dealkylation sites (tertiary alicyclic amines) is 1. The summed E-state index contributed by atoms with van der Waals surface area (Å²) in [5, 5.41) is 19.8. The molecule has 230 valence electrons. The Balaban J connectivity index is 0.000000427. The van der Waals surface area contributed by atoms with Gasteiger partial charge in [-0.3, -0.25) is 4.79 Å². The van der Waals surface area contributed by atoms with Gasteiger partial charge in [0.1, 0.15) is 17.5 Å². The molecule has 9 heteroatoms. The van der Waals surface area contributed by atoms with Gasteiger partial charge in [-0.1, -0.05) is 36.9 Å². The van der Waals surface area contributed by atoms with Crippen molar-refractivity contribution in [3.05, 3.63) is 71.3 Å². The lowest BCUT2D eigenvalue weighted by molar-refractivity contribution is -0.126. The van der Waals surface area contributed by atoms with Crippen LogP contribution < -0.4 is 14.5 Å². The van der Waals surface area contributed by atoms with E-state index in [0.29, 0.717) is 44.2 Å². The van der Waals surface area contributed by atoms with E-state index in [-0.39, 0.29) is 5.91 Å². The lowest BCUT2D eigenvalue weighted by Gasteiger charge is -2.38. The number of nitrogens with zero attached hydrogens (tertiary/aromatic N) is 7. The predicted molar refractivity (Wildman–Crippen MR) is 176 cm³/mol. The van der Waals surface area contributed by atoms with Crippen LogP contribution in [0, 0.1) is 29.6 Å². The van der Waals surface area contributed by atoms with Crippen LogP contribution in [-0.2, 0) is 17.8 Å². The summed E-state index contributed by atoms with van der Waals surface area (Å²) < 4.78 is 5.58. The van der Waals surface area contributed by atoms with E-state index in [9.17, 15) is 10.1 Å². The van der Waals surface area contributed by atoms with Gasteiger partial charge in [-0.2, -0.15) is 15.5 Å². The van der Waals surface area contributed by atoms with Crippen molar-refractivity contribution in [2.45, 2.75) is 39.7 Å². The second-order valence-electron chi connectivity index (χ2n) is 11.3. The molecular formula is C35H43N7O2. The van der Waals surface area contributed by atoms with E-state index in [4.69, 9.17) is 15.0 Å². The number of hydrogen-bond acceptors (Lipinski definition) is 8. The number of carbonyl (C=O) groups excluding carboxylic acids is 1. The second-order valence-corrected chi connectivity index (χ2v) is 11.3. The van der Waals surface area contributed by atoms with Crippen LogP contribution in [0.15, 0.2) is 49.1 Å². The van der Waals surface area contributed by atoms with Crippen LogP contribution in [0.3, 0.4) is 0 Å². The molecule has 3 aliphatic heterocycles. The van der Waals surface area contributed by atoms with Gasteiger partial charge in [-0.15, -0.1) is 0 Å². The average molecular weight is 594 g/mol. The zero-order chi connectivity index (χ0) is 31.6. The zero-order valence-electron chi connectivity index (χ0n) is 26.5. The number of nitriles is 2. The molecule has 0 N–H and O–H groups in total. The number of hydrogen-bond donors (Lipinski definition) is 0. The molecule has 0 saturated carbocycles. The number of pyridine rings is 1. The van der Waals surface area contributed by atoms with Crippen molar-refractivity contribution in [2.24, 2.45) is 0 Å². The van der Waals surface area contributed by atoms with Crippen LogP contribution in [0.1, 0.15) is 42.0 Å². The molecule has 3 aliphatic rings. The number of piperazine rings is 1. The van der Waals surface area contributed by atoms with Gasteiger partial charge >= 0.3 is 0 Å². The molecule has 0 atom stereocenters. The molecule has 0 radical (unpaired) electrons. The Morgan fingerprint density at radius 2 is 1.64 bits per heavy atom. The Bertz CT molecular complexity index is 1550. The molecule has 2 aromatic carbocycles. The number of benzene rings is 2. The van der Waals surface area contributed by atoms with Crippen LogP contribution in [0.4, 0.5) is 11.5 Å². The molecule has 6 rings (SSSR count). The van der Waals surface area contributed by atoms with E-state index in [1.807, 2.05) is 0 Å². The van der Waals surface area contributed by atoms with Gasteiger partial charge < -0.3 is 24.3 Å². The average Bonchev–Trinajstić information content (AvgIpc) is 3.54. The number of rotatable bonds is 4. The summed E-state index contributed by atoms with van der Waals surface area (Å²) in [7, 11) is 3.74. The van der Waals surface area contributed by atoms with Gasteiger partial charge in [0.25, 0.3) is 0 Å². The van der Waals surface area contributed by atoms with Gasteiger partial charge in [0, 0.05) is 68.4 Å². The van der Waals surface area contributed by atoms with E-state index in [1.54, 1.807) is 18.1 Å². The van der Waals surface area contributed by atoms with Gasteiger partial charge in [-0.05, 0) is 69.4 Å². The fourth-order valence-electron chi connectivity index (χ4n) is 6.23. The van der Waals surface area contributed by atoms with E-state index in [0.717, 1.165) is 29.9 Å². The number of aromatic nitrogens is 1. The summed E-state index contributed by atoms with van der Waals surface area (Å²) in [5.41, 5.74) is 5.02. The van der Waals surface area contributed by atoms with E-state index < -0.39 is 0 Å². The lowest BCUT2D eigenvalue weighted by Crippen LogP contribution is -2.49. The topological polar surface area (TPSA) is 99.7 Å². The van der Waals surface area contributed by atoms with Crippen molar-refractivity contribution >= 4 is 28.2 Å². The quantitative estimate of drug-likeness (QED) is 0.387. The molecule has 2 fully saturated rings. The first-order chi connectivity index (χ1) is 21.4. The number of methoxy groups -OCH3 is 1. The van der Waals surface area contributed by atoms with Gasteiger partial charge in [0.2, 0.25) is 11.8 Å². The maximum Gasteiger partial charge on any atom is 0.246 e. The van der Waals surface area contributed by atoms with Crippen molar-refractivity contribution in [3.63, 3.8) is 0 Å². The summed E-state index contributed by atoms with van der Waals surface area (Å²) in [6.45, 7) is 13.9. The fraction of sp³-hybridized carbons (Fsp3) is 0.429. The molecule has 0 aliphatic carbocycles. The van der Waals surface area contributed by atoms with Crippen LogP contribution in [0.25, 0.3) is 10.8 Å². The molecule has 3 aromatic rings. The Morgan fingerprint density at radius 1 is 0.977 bits per heavy atom. The number of ether oxygens (including phenoxy) is 1. The SMILES string of the molecule is C=CC(=O)N1CCN(c2nc(OC)c(C#N)c3c2CCN(c2cccc4cccc(C)c24)C3)CC1.CC#N.CN1CCCC1. The summed E-state index contributed by atoms with van der Waals surface area (Å²) in [5.74, 6) is 1.19. The number of anilines is 2. The lowest BCUT2D eigenvalue weighted by atomic mass is 9.94. The van der Waals surface area contributed by atoms with Crippen LogP contribution in [-0.4, -0.2) is 80.7 Å². The minimum atomic E-state index is -0.0435. The third-order valence-corrected chi connectivity index (χ3v) is 8.47. The first kappa shape index (κ1) is 32.3. The summed E-state index contributed by atoms with van der Waals surface area (Å²) in [6, 6.07) is 16.9. The Kier molecular flexibility index (Phi) is 11.2. The standard InChI is InChI=1S/C28H29N5O2.C5H11N.C2H3N/c1-4-25(34)31-13-15-32(16-14-31)27-21-11-12-33(18-23(21)22(17-29)28(30-27)35-3)24-10-6-9-20-8-5-7-19(2)26(20)24;1-6-4-2-3-5-6;1-2-3/h4-10H,1,11-16,18H2,2-3H3;2-5H2,1H3;1H3. The number of carbonyl (C=O) groups is 1. The van der Waals surface area contributed by atoms with Crippen molar-refractivity contribution in [1.29, 1.82) is 10.5 Å². The minimum absolute atomic E-state index is 0.0435. The third-order valence-electron chi connectivity index (χ3n) is 8.47. The Hall–Kier alpha value is -4.60. The van der Waals surface area contributed by atoms with E-state index in [1.165, 1.54) is 61.0 Å². The van der Waals surface area contributed by atoms with E-state index >= 15 is 0 Å². The molecule has 1 aromatic heterocycles. The predicted octanol–water partition coefficient (Wildman–Crippen LogP) is 5.06. The van der Waals surface area contributed by atoms with Crippen molar-refractivity contribution in [3.8, 4) is 18.0 Å². The Labute approximate surface area is 261 Å². The number of amides is 1. The first-order valence-electron chi connectivity index (χ1n) is 15.3. The highest BCUT2D eigenvalue weighted by Crippen LogP contribution is 2.38. The summed E-state index contributed by atoms with van der Waals surface area (Å²) in [6.07, 6.45) is 4.97. The highest BCUT2D eigenvalue weighted by Gasteiger charge is 2.31. The van der Waals surface area contributed by atoms with E-state index in [2.05, 4.69) is 77.7 Å². The second kappa shape index (κ2) is 15.2. The molecule has 2 saturated heterocycles.